The van der Waals surface area contributed by atoms with E-state index in [4.69, 9.17) is 4.74 Å². The average molecular weight is 249 g/mol. The molecule has 96 valence electrons. The predicted octanol–water partition coefficient (Wildman–Crippen LogP) is 0.826. The first-order valence-corrected chi connectivity index (χ1v) is 7.83. The third-order valence-corrected chi connectivity index (χ3v) is 4.52. The standard InChI is InChI=1S/C11H23NO3S/c1-10(2)3-6-15-7-5-12-11-4-8-16(13,14)9-11/h10-12H,3-9H2,1-2H3. The molecule has 0 amide bonds. The molecule has 1 N–H and O–H groups in total. The van der Waals surface area contributed by atoms with E-state index in [0.29, 0.717) is 24.0 Å². The Labute approximate surface area is 98.7 Å². The third-order valence-electron chi connectivity index (χ3n) is 2.75. The largest absolute Gasteiger partial charge is 0.380 e. The molecule has 1 aliphatic heterocycles. The van der Waals surface area contributed by atoms with Crippen LogP contribution in [0.3, 0.4) is 0 Å². The zero-order valence-corrected chi connectivity index (χ0v) is 11.1. The molecule has 0 radical (unpaired) electrons. The van der Waals surface area contributed by atoms with Gasteiger partial charge in [0.05, 0.1) is 18.1 Å². The highest BCUT2D eigenvalue weighted by Gasteiger charge is 2.26. The molecule has 1 atom stereocenters. The van der Waals surface area contributed by atoms with Crippen LogP contribution in [-0.2, 0) is 14.6 Å². The van der Waals surface area contributed by atoms with Crippen LogP contribution >= 0.6 is 0 Å². The zero-order valence-electron chi connectivity index (χ0n) is 10.2. The van der Waals surface area contributed by atoms with Crippen LogP contribution in [0.2, 0.25) is 0 Å². The minimum Gasteiger partial charge on any atom is -0.380 e. The number of ether oxygens (including phenoxy) is 1. The molecule has 1 heterocycles. The lowest BCUT2D eigenvalue weighted by atomic mass is 10.1. The summed E-state index contributed by atoms with van der Waals surface area (Å²) in [5.41, 5.74) is 0. The molecule has 0 bridgehead atoms. The number of hydrogen-bond donors (Lipinski definition) is 1. The summed E-state index contributed by atoms with van der Waals surface area (Å²) in [4.78, 5) is 0. The van der Waals surface area contributed by atoms with E-state index < -0.39 is 9.84 Å². The Balaban J connectivity index is 1.96. The van der Waals surface area contributed by atoms with E-state index in [0.717, 1.165) is 26.0 Å². The van der Waals surface area contributed by atoms with Gasteiger partial charge in [-0.25, -0.2) is 8.42 Å². The van der Waals surface area contributed by atoms with E-state index in [9.17, 15) is 8.42 Å². The van der Waals surface area contributed by atoms with Crippen LogP contribution in [0.15, 0.2) is 0 Å². The van der Waals surface area contributed by atoms with E-state index in [1.807, 2.05) is 0 Å². The van der Waals surface area contributed by atoms with Crippen molar-refractivity contribution >= 4 is 9.84 Å². The summed E-state index contributed by atoms with van der Waals surface area (Å²) in [5, 5.41) is 3.22. The molecule has 5 heteroatoms. The van der Waals surface area contributed by atoms with Gasteiger partial charge in [-0.15, -0.1) is 0 Å². The highest BCUT2D eigenvalue weighted by molar-refractivity contribution is 7.91. The lowest BCUT2D eigenvalue weighted by molar-refractivity contribution is 0.124. The lowest BCUT2D eigenvalue weighted by Gasteiger charge is -2.11. The van der Waals surface area contributed by atoms with Gasteiger partial charge >= 0.3 is 0 Å². The first kappa shape index (κ1) is 13.9. The maximum absolute atomic E-state index is 11.2. The fourth-order valence-corrected chi connectivity index (χ4v) is 3.42. The predicted molar refractivity (Wildman–Crippen MR) is 65.3 cm³/mol. The Hall–Kier alpha value is -0.130. The molecular weight excluding hydrogens is 226 g/mol. The van der Waals surface area contributed by atoms with Crippen LogP contribution in [0.25, 0.3) is 0 Å². The van der Waals surface area contributed by atoms with Crippen molar-refractivity contribution in [3.8, 4) is 0 Å². The van der Waals surface area contributed by atoms with E-state index in [1.165, 1.54) is 0 Å². The second-order valence-electron chi connectivity index (χ2n) is 4.85. The summed E-state index contributed by atoms with van der Waals surface area (Å²) in [7, 11) is -2.76. The quantitative estimate of drug-likeness (QED) is 0.679. The fourth-order valence-electron chi connectivity index (χ4n) is 1.71. The minimum absolute atomic E-state index is 0.138. The maximum atomic E-state index is 11.2. The second kappa shape index (κ2) is 6.57. The molecule has 0 aromatic rings. The van der Waals surface area contributed by atoms with Gasteiger partial charge in [-0.05, 0) is 18.8 Å². The molecule has 1 fully saturated rings. The van der Waals surface area contributed by atoms with Crippen molar-refractivity contribution < 1.29 is 13.2 Å². The monoisotopic (exact) mass is 249 g/mol. The van der Waals surface area contributed by atoms with E-state index >= 15 is 0 Å². The molecule has 1 aliphatic rings. The van der Waals surface area contributed by atoms with Crippen molar-refractivity contribution in [3.63, 3.8) is 0 Å². The van der Waals surface area contributed by atoms with Gasteiger partial charge in [0.1, 0.15) is 0 Å². The Morgan fingerprint density at radius 3 is 2.69 bits per heavy atom. The Kier molecular flexibility index (Phi) is 5.72. The first-order valence-electron chi connectivity index (χ1n) is 6.01. The van der Waals surface area contributed by atoms with Crippen LogP contribution in [0.4, 0.5) is 0 Å². The Morgan fingerprint density at radius 1 is 1.38 bits per heavy atom. The summed E-state index contributed by atoms with van der Waals surface area (Å²) in [6.07, 6.45) is 1.83. The van der Waals surface area contributed by atoms with Gasteiger partial charge in [0, 0.05) is 19.2 Å². The van der Waals surface area contributed by atoms with Gasteiger partial charge < -0.3 is 10.1 Å². The smallest absolute Gasteiger partial charge is 0.151 e. The van der Waals surface area contributed by atoms with Gasteiger partial charge in [-0.1, -0.05) is 13.8 Å². The minimum atomic E-state index is -2.76. The van der Waals surface area contributed by atoms with Crippen molar-refractivity contribution in [2.45, 2.75) is 32.7 Å². The number of hydrogen-bond acceptors (Lipinski definition) is 4. The zero-order chi connectivity index (χ0) is 12.0. The van der Waals surface area contributed by atoms with Crippen LogP contribution in [0, 0.1) is 5.92 Å². The molecule has 1 rings (SSSR count). The highest BCUT2D eigenvalue weighted by Crippen LogP contribution is 2.10. The SMILES string of the molecule is CC(C)CCOCCNC1CCS(=O)(=O)C1. The van der Waals surface area contributed by atoms with Crippen molar-refractivity contribution in [2.75, 3.05) is 31.3 Å². The van der Waals surface area contributed by atoms with Gasteiger partial charge in [0.15, 0.2) is 9.84 Å². The van der Waals surface area contributed by atoms with Crippen LogP contribution in [-0.4, -0.2) is 45.7 Å². The van der Waals surface area contributed by atoms with Gasteiger partial charge in [-0.3, -0.25) is 0 Å². The molecule has 0 aliphatic carbocycles. The molecule has 16 heavy (non-hydrogen) atoms. The molecule has 4 nitrogen and oxygen atoms in total. The molecule has 0 saturated carbocycles. The molecule has 0 spiro atoms. The van der Waals surface area contributed by atoms with Gasteiger partial charge in [-0.2, -0.15) is 0 Å². The molecule has 1 unspecified atom stereocenters. The summed E-state index contributed by atoms with van der Waals surface area (Å²) in [6.45, 7) is 6.56. The number of rotatable bonds is 7. The van der Waals surface area contributed by atoms with Crippen LogP contribution in [0.1, 0.15) is 26.7 Å². The van der Waals surface area contributed by atoms with Crippen molar-refractivity contribution in [1.82, 2.24) is 5.32 Å². The summed E-state index contributed by atoms with van der Waals surface area (Å²) in [5.74, 6) is 1.30. The van der Waals surface area contributed by atoms with Gasteiger partial charge in [0.25, 0.3) is 0 Å². The molecule has 0 aromatic carbocycles. The maximum Gasteiger partial charge on any atom is 0.151 e. The lowest BCUT2D eigenvalue weighted by Crippen LogP contribution is -2.32. The highest BCUT2D eigenvalue weighted by atomic mass is 32.2. The summed E-state index contributed by atoms with van der Waals surface area (Å²) < 4.78 is 27.8. The average Bonchev–Trinajstić information content (AvgIpc) is 2.51. The Morgan fingerprint density at radius 2 is 2.12 bits per heavy atom. The normalized spacial score (nSPS) is 24.1. The summed E-state index contributed by atoms with van der Waals surface area (Å²) in [6, 6.07) is 0.138. The fraction of sp³-hybridized carbons (Fsp3) is 1.00. The Bertz CT molecular complexity index is 288. The molecular formula is C11H23NO3S. The number of sulfone groups is 1. The van der Waals surface area contributed by atoms with Crippen molar-refractivity contribution in [1.29, 1.82) is 0 Å². The summed E-state index contributed by atoms with van der Waals surface area (Å²) >= 11 is 0. The third kappa shape index (κ3) is 5.82. The van der Waals surface area contributed by atoms with Crippen molar-refractivity contribution in [3.05, 3.63) is 0 Å². The van der Waals surface area contributed by atoms with E-state index in [-0.39, 0.29) is 6.04 Å². The van der Waals surface area contributed by atoms with E-state index in [2.05, 4.69) is 19.2 Å². The molecule has 1 saturated heterocycles. The number of nitrogens with one attached hydrogen (secondary N) is 1. The first-order chi connectivity index (χ1) is 7.49. The van der Waals surface area contributed by atoms with Gasteiger partial charge in [0.2, 0.25) is 0 Å². The van der Waals surface area contributed by atoms with Crippen molar-refractivity contribution in [2.24, 2.45) is 5.92 Å². The molecule has 0 aromatic heterocycles. The second-order valence-corrected chi connectivity index (χ2v) is 7.08. The van der Waals surface area contributed by atoms with Crippen LogP contribution < -0.4 is 5.32 Å². The van der Waals surface area contributed by atoms with Crippen LogP contribution in [0.5, 0.6) is 0 Å². The topological polar surface area (TPSA) is 55.4 Å². The van der Waals surface area contributed by atoms with E-state index in [1.54, 1.807) is 0 Å².